The molecule has 0 spiro atoms. The van der Waals surface area contributed by atoms with Crippen LogP contribution in [-0.2, 0) is 15.4 Å². The molecule has 0 bridgehead atoms. The molecule has 1 aromatic heterocycles. The molecule has 2 amide bonds. The van der Waals surface area contributed by atoms with Crippen LogP contribution in [0.15, 0.2) is 67.0 Å². The van der Waals surface area contributed by atoms with Gasteiger partial charge in [0, 0.05) is 35.9 Å². The smallest absolute Gasteiger partial charge is 0.322 e. The van der Waals surface area contributed by atoms with Gasteiger partial charge in [0.05, 0.1) is 11.3 Å². The molecule has 0 saturated carbocycles. The van der Waals surface area contributed by atoms with Crippen LogP contribution < -0.4 is 15.0 Å². The minimum absolute atomic E-state index is 0.0983. The zero-order chi connectivity index (χ0) is 22.8. The van der Waals surface area contributed by atoms with Crippen molar-refractivity contribution in [2.24, 2.45) is 0 Å². The van der Waals surface area contributed by atoms with Crippen molar-refractivity contribution in [1.82, 2.24) is 15.3 Å². The van der Waals surface area contributed by atoms with Gasteiger partial charge in [0.15, 0.2) is 0 Å². The molecule has 2 heterocycles. The minimum Gasteiger partial charge on any atom is -0.424 e. The summed E-state index contributed by atoms with van der Waals surface area (Å²) < 4.78 is 29.9. The van der Waals surface area contributed by atoms with Crippen LogP contribution in [0.25, 0.3) is 0 Å². The highest BCUT2D eigenvalue weighted by atomic mass is 35.5. The maximum absolute atomic E-state index is 12.9. The van der Waals surface area contributed by atoms with E-state index in [9.17, 15) is 13.2 Å². The number of carbonyl (C=O) groups is 1. The van der Waals surface area contributed by atoms with Gasteiger partial charge in [0.25, 0.3) is 0 Å². The third-order valence-corrected chi connectivity index (χ3v) is 6.45. The summed E-state index contributed by atoms with van der Waals surface area (Å²) in [4.78, 5) is 22.7. The molecule has 3 aromatic rings. The summed E-state index contributed by atoms with van der Waals surface area (Å²) in [5, 5.41) is 3.41. The van der Waals surface area contributed by atoms with Crippen molar-refractivity contribution < 1.29 is 17.9 Å². The van der Waals surface area contributed by atoms with Gasteiger partial charge in [0.1, 0.15) is 15.6 Å². The molecule has 1 aliphatic heterocycles. The number of sulfone groups is 1. The van der Waals surface area contributed by atoms with Gasteiger partial charge in [-0.1, -0.05) is 23.7 Å². The summed E-state index contributed by atoms with van der Waals surface area (Å²) in [7, 11) is -3.28. The van der Waals surface area contributed by atoms with Gasteiger partial charge in [-0.15, -0.1) is 0 Å². The molecule has 10 heteroatoms. The SMILES string of the molecule is CS(=O)(=O)CCC1(c2cccc(Oc3ncccn3)c2)CNC(=O)N1c1ccc(Cl)cc1. The Morgan fingerprint density at radius 2 is 1.84 bits per heavy atom. The molecular formula is C22H21ClN4O4S. The fraction of sp³-hybridized carbons (Fsp3) is 0.227. The number of ether oxygens (including phenoxy) is 1. The number of nitrogens with zero attached hydrogens (tertiary/aromatic N) is 3. The van der Waals surface area contributed by atoms with E-state index in [1.807, 2.05) is 6.07 Å². The first-order chi connectivity index (χ1) is 15.3. The molecule has 1 aliphatic rings. The van der Waals surface area contributed by atoms with Crippen molar-refractivity contribution >= 4 is 33.2 Å². The summed E-state index contributed by atoms with van der Waals surface area (Å²) >= 11 is 6.03. The molecule has 1 fully saturated rings. The quantitative estimate of drug-likeness (QED) is 0.561. The summed E-state index contributed by atoms with van der Waals surface area (Å²) in [6.45, 7) is 0.231. The van der Waals surface area contributed by atoms with Crippen LogP contribution in [0.2, 0.25) is 5.02 Å². The number of aromatic nitrogens is 2. The molecule has 4 rings (SSSR count). The van der Waals surface area contributed by atoms with Crippen LogP contribution in [0.1, 0.15) is 12.0 Å². The number of anilines is 1. The van der Waals surface area contributed by atoms with Crippen molar-refractivity contribution in [3.63, 3.8) is 0 Å². The standard InChI is InChI=1S/C22H21ClN4O4S/c1-32(29,30)13-10-22(15-26-21(28)27(22)18-8-6-17(23)7-9-18)16-4-2-5-19(14-16)31-20-24-11-3-12-25-20/h2-9,11-12,14H,10,13,15H2,1H3,(H,26,28). The highest BCUT2D eigenvalue weighted by Gasteiger charge is 2.48. The van der Waals surface area contributed by atoms with Crippen molar-refractivity contribution in [2.75, 3.05) is 23.5 Å². The van der Waals surface area contributed by atoms with Crippen LogP contribution in [0, 0.1) is 0 Å². The zero-order valence-electron chi connectivity index (χ0n) is 17.2. The Morgan fingerprint density at radius 1 is 1.12 bits per heavy atom. The van der Waals surface area contributed by atoms with Gasteiger partial charge in [-0.3, -0.25) is 4.90 Å². The van der Waals surface area contributed by atoms with E-state index in [-0.39, 0.29) is 30.8 Å². The first-order valence-corrected chi connectivity index (χ1v) is 12.3. The maximum atomic E-state index is 12.9. The molecule has 2 aromatic carbocycles. The third-order valence-electron chi connectivity index (χ3n) is 5.26. The summed E-state index contributed by atoms with van der Waals surface area (Å²) in [5.74, 6) is 0.377. The summed E-state index contributed by atoms with van der Waals surface area (Å²) in [6.07, 6.45) is 4.52. The number of carbonyl (C=O) groups excluding carboxylic acids is 1. The lowest BCUT2D eigenvalue weighted by Gasteiger charge is -2.37. The maximum Gasteiger partial charge on any atom is 0.322 e. The molecule has 32 heavy (non-hydrogen) atoms. The van der Waals surface area contributed by atoms with Gasteiger partial charge >= 0.3 is 12.0 Å². The second-order valence-corrected chi connectivity index (χ2v) is 10.2. The zero-order valence-corrected chi connectivity index (χ0v) is 18.8. The van der Waals surface area contributed by atoms with Crippen molar-refractivity contribution in [3.05, 3.63) is 77.6 Å². The van der Waals surface area contributed by atoms with Gasteiger partial charge in [-0.05, 0) is 54.4 Å². The lowest BCUT2D eigenvalue weighted by molar-refractivity contribution is 0.250. The average molecular weight is 473 g/mol. The number of amides is 2. The topological polar surface area (TPSA) is 101 Å². The number of benzene rings is 2. The lowest BCUT2D eigenvalue weighted by atomic mass is 9.86. The van der Waals surface area contributed by atoms with E-state index in [1.54, 1.807) is 65.8 Å². The van der Waals surface area contributed by atoms with Crippen LogP contribution >= 0.6 is 11.6 Å². The van der Waals surface area contributed by atoms with Crippen LogP contribution in [0.4, 0.5) is 10.5 Å². The minimum atomic E-state index is -3.28. The molecule has 0 aliphatic carbocycles. The number of hydrogen-bond donors (Lipinski definition) is 1. The molecule has 1 N–H and O–H groups in total. The molecule has 1 saturated heterocycles. The van der Waals surface area contributed by atoms with Gasteiger partial charge < -0.3 is 10.1 Å². The van der Waals surface area contributed by atoms with E-state index in [4.69, 9.17) is 16.3 Å². The highest BCUT2D eigenvalue weighted by Crippen LogP contribution is 2.41. The molecule has 8 nitrogen and oxygen atoms in total. The fourth-order valence-electron chi connectivity index (χ4n) is 3.75. The Labute approximate surface area is 191 Å². The predicted octanol–water partition coefficient (Wildman–Crippen LogP) is 3.78. The van der Waals surface area contributed by atoms with E-state index in [0.29, 0.717) is 16.5 Å². The average Bonchev–Trinajstić information content (AvgIpc) is 3.11. The van der Waals surface area contributed by atoms with E-state index < -0.39 is 15.4 Å². The second-order valence-electron chi connectivity index (χ2n) is 7.54. The number of halogens is 1. The van der Waals surface area contributed by atoms with Crippen molar-refractivity contribution in [3.8, 4) is 11.8 Å². The molecule has 1 atom stereocenters. The fourth-order valence-corrected chi connectivity index (χ4v) is 4.59. The highest BCUT2D eigenvalue weighted by molar-refractivity contribution is 7.90. The lowest BCUT2D eigenvalue weighted by Crippen LogP contribution is -2.46. The van der Waals surface area contributed by atoms with Crippen LogP contribution in [-0.4, -0.2) is 43.0 Å². The Balaban J connectivity index is 1.79. The molecule has 0 radical (unpaired) electrons. The molecule has 166 valence electrons. The Hall–Kier alpha value is -3.17. The number of nitrogens with one attached hydrogen (secondary N) is 1. The molecular weight excluding hydrogens is 452 g/mol. The Bertz CT molecular complexity index is 1220. The first-order valence-electron chi connectivity index (χ1n) is 9.84. The van der Waals surface area contributed by atoms with Gasteiger partial charge in [0.2, 0.25) is 0 Å². The normalized spacial score (nSPS) is 18.4. The van der Waals surface area contributed by atoms with E-state index in [0.717, 1.165) is 5.56 Å². The van der Waals surface area contributed by atoms with Crippen molar-refractivity contribution in [1.29, 1.82) is 0 Å². The summed E-state index contributed by atoms with van der Waals surface area (Å²) in [5.41, 5.74) is 0.378. The van der Waals surface area contributed by atoms with E-state index in [2.05, 4.69) is 15.3 Å². The third kappa shape index (κ3) is 4.68. The Kier molecular flexibility index (Phi) is 6.03. The number of urea groups is 1. The monoisotopic (exact) mass is 472 g/mol. The largest absolute Gasteiger partial charge is 0.424 e. The van der Waals surface area contributed by atoms with E-state index in [1.165, 1.54) is 6.26 Å². The summed E-state index contributed by atoms with van der Waals surface area (Å²) in [6, 6.07) is 15.6. The van der Waals surface area contributed by atoms with Gasteiger partial charge in [-0.25, -0.2) is 23.2 Å². The number of rotatable bonds is 7. The van der Waals surface area contributed by atoms with Crippen molar-refractivity contribution in [2.45, 2.75) is 12.0 Å². The first kappa shape index (κ1) is 22.0. The second kappa shape index (κ2) is 8.76. The Morgan fingerprint density at radius 3 is 2.53 bits per heavy atom. The predicted molar refractivity (Wildman–Crippen MR) is 122 cm³/mol. The van der Waals surface area contributed by atoms with E-state index >= 15 is 0 Å². The number of hydrogen-bond acceptors (Lipinski definition) is 6. The van der Waals surface area contributed by atoms with Crippen LogP contribution in [0.3, 0.4) is 0 Å². The van der Waals surface area contributed by atoms with Crippen LogP contribution in [0.5, 0.6) is 11.8 Å². The molecule has 1 unspecified atom stereocenters. The van der Waals surface area contributed by atoms with Gasteiger partial charge in [-0.2, -0.15) is 0 Å².